The number of piperidine rings is 1. The van der Waals surface area contributed by atoms with Crippen molar-refractivity contribution in [2.24, 2.45) is 5.73 Å². The molecular weight excluding hydrogens is 230 g/mol. The molecule has 0 aromatic carbocycles. The summed E-state index contributed by atoms with van der Waals surface area (Å²) in [5.74, 6) is -0.0645. The standard InChI is InChI=1S/C13H23N3O2/c14-13(5-4-6-13)9-11(17)15-10-12(18)16-7-2-1-3-8-16/h1-10,14H2,(H,15,17). The Kier molecular flexibility index (Phi) is 4.22. The van der Waals surface area contributed by atoms with E-state index in [0.717, 1.165) is 45.2 Å². The van der Waals surface area contributed by atoms with Gasteiger partial charge in [-0.25, -0.2) is 0 Å². The second kappa shape index (κ2) is 5.69. The van der Waals surface area contributed by atoms with Crippen LogP contribution in [0.25, 0.3) is 0 Å². The van der Waals surface area contributed by atoms with Crippen molar-refractivity contribution >= 4 is 11.8 Å². The largest absolute Gasteiger partial charge is 0.347 e. The van der Waals surface area contributed by atoms with Crippen LogP contribution >= 0.6 is 0 Å². The molecule has 0 atom stereocenters. The normalized spacial score (nSPS) is 22.2. The van der Waals surface area contributed by atoms with E-state index >= 15 is 0 Å². The lowest BCUT2D eigenvalue weighted by molar-refractivity contribution is -0.134. The maximum absolute atomic E-state index is 11.8. The van der Waals surface area contributed by atoms with E-state index in [9.17, 15) is 9.59 Å². The zero-order valence-corrected chi connectivity index (χ0v) is 10.9. The first kappa shape index (κ1) is 13.3. The van der Waals surface area contributed by atoms with Gasteiger partial charge in [-0.05, 0) is 38.5 Å². The quantitative estimate of drug-likeness (QED) is 0.761. The van der Waals surface area contributed by atoms with Crippen LogP contribution in [0.3, 0.4) is 0 Å². The number of carbonyl (C=O) groups is 2. The Morgan fingerprint density at radius 3 is 2.33 bits per heavy atom. The Balaban J connectivity index is 1.67. The summed E-state index contributed by atoms with van der Waals surface area (Å²) < 4.78 is 0. The third-order valence-electron chi connectivity index (χ3n) is 4.01. The summed E-state index contributed by atoms with van der Waals surface area (Å²) in [6, 6.07) is 0. The minimum atomic E-state index is -0.307. The molecule has 0 spiro atoms. The van der Waals surface area contributed by atoms with Crippen LogP contribution in [-0.4, -0.2) is 41.9 Å². The van der Waals surface area contributed by atoms with Crippen LogP contribution in [0.4, 0.5) is 0 Å². The topological polar surface area (TPSA) is 75.4 Å². The van der Waals surface area contributed by atoms with Crippen LogP contribution < -0.4 is 11.1 Å². The number of amides is 2. The van der Waals surface area contributed by atoms with Crippen molar-refractivity contribution in [1.29, 1.82) is 0 Å². The zero-order valence-electron chi connectivity index (χ0n) is 10.9. The molecule has 2 aliphatic rings. The van der Waals surface area contributed by atoms with Crippen molar-refractivity contribution in [3.8, 4) is 0 Å². The Labute approximate surface area is 108 Å². The molecule has 2 amide bonds. The van der Waals surface area contributed by atoms with E-state index in [1.54, 1.807) is 0 Å². The Morgan fingerprint density at radius 2 is 1.78 bits per heavy atom. The molecule has 2 fully saturated rings. The minimum absolute atomic E-state index is 0.0303. The fourth-order valence-corrected chi connectivity index (χ4v) is 2.62. The summed E-state index contributed by atoms with van der Waals surface area (Å²) in [6.07, 6.45) is 6.64. The van der Waals surface area contributed by atoms with Gasteiger partial charge in [-0.2, -0.15) is 0 Å². The van der Waals surface area contributed by atoms with Crippen LogP contribution in [0.15, 0.2) is 0 Å². The summed E-state index contributed by atoms with van der Waals surface area (Å²) in [7, 11) is 0. The number of nitrogens with one attached hydrogen (secondary N) is 1. The molecule has 0 aromatic rings. The lowest BCUT2D eigenvalue weighted by atomic mass is 9.75. The van der Waals surface area contributed by atoms with E-state index in [-0.39, 0.29) is 23.9 Å². The van der Waals surface area contributed by atoms with Crippen molar-refractivity contribution in [3.05, 3.63) is 0 Å². The molecule has 102 valence electrons. The van der Waals surface area contributed by atoms with Crippen molar-refractivity contribution in [1.82, 2.24) is 10.2 Å². The number of nitrogens with two attached hydrogens (primary N) is 1. The van der Waals surface area contributed by atoms with Crippen molar-refractivity contribution in [2.45, 2.75) is 50.5 Å². The maximum atomic E-state index is 11.8. The summed E-state index contributed by atoms with van der Waals surface area (Å²) >= 11 is 0. The monoisotopic (exact) mass is 253 g/mol. The molecule has 5 heteroatoms. The number of likely N-dealkylation sites (tertiary alicyclic amines) is 1. The average molecular weight is 253 g/mol. The van der Waals surface area contributed by atoms with Crippen molar-refractivity contribution in [3.63, 3.8) is 0 Å². The fraction of sp³-hybridized carbons (Fsp3) is 0.846. The second-order valence-electron chi connectivity index (χ2n) is 5.61. The number of hydrogen-bond donors (Lipinski definition) is 2. The van der Waals surface area contributed by atoms with Gasteiger partial charge in [0.05, 0.1) is 6.54 Å². The van der Waals surface area contributed by atoms with Gasteiger partial charge in [0.15, 0.2) is 0 Å². The molecule has 0 bridgehead atoms. The maximum Gasteiger partial charge on any atom is 0.241 e. The average Bonchev–Trinajstić information content (AvgIpc) is 2.35. The Morgan fingerprint density at radius 1 is 1.11 bits per heavy atom. The molecule has 1 saturated heterocycles. The van der Waals surface area contributed by atoms with Crippen LogP contribution in [0.5, 0.6) is 0 Å². The molecule has 2 rings (SSSR count). The van der Waals surface area contributed by atoms with E-state index in [1.165, 1.54) is 6.42 Å². The van der Waals surface area contributed by atoms with Crippen molar-refractivity contribution in [2.75, 3.05) is 19.6 Å². The van der Waals surface area contributed by atoms with Gasteiger partial charge in [-0.15, -0.1) is 0 Å². The molecule has 18 heavy (non-hydrogen) atoms. The third kappa shape index (κ3) is 3.45. The van der Waals surface area contributed by atoms with Gasteiger partial charge in [0.1, 0.15) is 0 Å². The van der Waals surface area contributed by atoms with E-state index in [4.69, 9.17) is 5.73 Å². The van der Waals surface area contributed by atoms with Gasteiger partial charge in [0, 0.05) is 25.0 Å². The van der Waals surface area contributed by atoms with E-state index in [2.05, 4.69) is 5.32 Å². The van der Waals surface area contributed by atoms with E-state index in [0.29, 0.717) is 6.42 Å². The highest BCUT2D eigenvalue weighted by atomic mass is 16.2. The first-order chi connectivity index (χ1) is 8.59. The number of rotatable bonds is 4. The molecule has 3 N–H and O–H groups in total. The zero-order chi connectivity index (χ0) is 13.0. The number of nitrogens with zero attached hydrogens (tertiary/aromatic N) is 1. The summed E-state index contributed by atoms with van der Waals surface area (Å²) in [5, 5.41) is 2.69. The summed E-state index contributed by atoms with van der Waals surface area (Å²) in [5.41, 5.74) is 5.69. The van der Waals surface area contributed by atoms with Gasteiger partial charge >= 0.3 is 0 Å². The molecule has 0 unspecified atom stereocenters. The molecule has 1 heterocycles. The fourth-order valence-electron chi connectivity index (χ4n) is 2.62. The first-order valence-corrected chi connectivity index (χ1v) is 6.92. The molecule has 1 saturated carbocycles. The highest BCUT2D eigenvalue weighted by Crippen LogP contribution is 2.31. The van der Waals surface area contributed by atoms with E-state index in [1.807, 2.05) is 4.90 Å². The van der Waals surface area contributed by atoms with Crippen LogP contribution in [0.2, 0.25) is 0 Å². The lowest BCUT2D eigenvalue weighted by Gasteiger charge is -2.37. The molecule has 5 nitrogen and oxygen atoms in total. The highest BCUT2D eigenvalue weighted by molar-refractivity contribution is 5.85. The molecule has 1 aliphatic heterocycles. The lowest BCUT2D eigenvalue weighted by Crippen LogP contribution is -2.51. The van der Waals surface area contributed by atoms with Gasteiger partial charge in [-0.3, -0.25) is 9.59 Å². The number of hydrogen-bond acceptors (Lipinski definition) is 3. The second-order valence-corrected chi connectivity index (χ2v) is 5.61. The molecule has 0 aromatic heterocycles. The Bertz CT molecular complexity index is 320. The van der Waals surface area contributed by atoms with Crippen LogP contribution in [0, 0.1) is 0 Å². The van der Waals surface area contributed by atoms with Gasteiger partial charge in [0.25, 0.3) is 0 Å². The highest BCUT2D eigenvalue weighted by Gasteiger charge is 2.34. The third-order valence-corrected chi connectivity index (χ3v) is 4.01. The van der Waals surface area contributed by atoms with Gasteiger partial charge in [-0.1, -0.05) is 0 Å². The molecular formula is C13H23N3O2. The minimum Gasteiger partial charge on any atom is -0.347 e. The van der Waals surface area contributed by atoms with Gasteiger partial charge < -0.3 is 16.0 Å². The SMILES string of the molecule is NC1(CC(=O)NCC(=O)N2CCCCC2)CCC1. The van der Waals surface area contributed by atoms with E-state index < -0.39 is 0 Å². The smallest absolute Gasteiger partial charge is 0.241 e. The predicted octanol–water partition coefficient (Wildman–Crippen LogP) is 0.387. The van der Waals surface area contributed by atoms with Crippen LogP contribution in [0.1, 0.15) is 44.9 Å². The molecule has 1 aliphatic carbocycles. The summed E-state index contributed by atoms with van der Waals surface area (Å²) in [6.45, 7) is 1.78. The summed E-state index contributed by atoms with van der Waals surface area (Å²) in [4.78, 5) is 25.3. The van der Waals surface area contributed by atoms with Crippen molar-refractivity contribution < 1.29 is 9.59 Å². The Hall–Kier alpha value is -1.10. The predicted molar refractivity (Wildman–Crippen MR) is 68.8 cm³/mol. The molecule has 0 radical (unpaired) electrons. The first-order valence-electron chi connectivity index (χ1n) is 6.92. The van der Waals surface area contributed by atoms with Gasteiger partial charge in [0.2, 0.25) is 11.8 Å². The number of carbonyl (C=O) groups excluding carboxylic acids is 2. The van der Waals surface area contributed by atoms with Crippen LogP contribution in [-0.2, 0) is 9.59 Å².